The zero-order valence-electron chi connectivity index (χ0n) is 9.06. The SMILES string of the molecule is O=c1[nH]cc(CCc2ccccc2O)c(=S)[nH]1. The van der Waals surface area contributed by atoms with Crippen molar-refractivity contribution in [2.45, 2.75) is 12.8 Å². The van der Waals surface area contributed by atoms with Crippen molar-refractivity contribution in [3.05, 3.63) is 56.7 Å². The summed E-state index contributed by atoms with van der Waals surface area (Å²) in [4.78, 5) is 16.0. The van der Waals surface area contributed by atoms with Gasteiger partial charge in [-0.25, -0.2) is 4.79 Å². The van der Waals surface area contributed by atoms with Gasteiger partial charge in [-0.2, -0.15) is 0 Å². The average Bonchev–Trinajstić information content (AvgIpc) is 2.30. The summed E-state index contributed by atoms with van der Waals surface area (Å²) in [5.74, 6) is 0.284. The number of phenolic OH excluding ortho intramolecular Hbond substituents is 1. The third kappa shape index (κ3) is 2.82. The van der Waals surface area contributed by atoms with E-state index >= 15 is 0 Å². The molecule has 0 aliphatic heterocycles. The number of aromatic amines is 2. The van der Waals surface area contributed by atoms with Crippen LogP contribution in [0.5, 0.6) is 5.75 Å². The van der Waals surface area contributed by atoms with Gasteiger partial charge in [-0.1, -0.05) is 30.4 Å². The molecule has 1 aromatic carbocycles. The number of H-pyrrole nitrogens is 2. The second kappa shape index (κ2) is 4.97. The number of phenols is 1. The molecule has 0 aliphatic rings. The molecule has 88 valence electrons. The summed E-state index contributed by atoms with van der Waals surface area (Å²) in [7, 11) is 0. The number of rotatable bonds is 3. The molecule has 0 fully saturated rings. The molecule has 0 bridgehead atoms. The van der Waals surface area contributed by atoms with Gasteiger partial charge in [-0.05, 0) is 24.5 Å². The van der Waals surface area contributed by atoms with E-state index in [2.05, 4.69) is 9.97 Å². The maximum atomic E-state index is 11.0. The summed E-state index contributed by atoms with van der Waals surface area (Å²) in [5.41, 5.74) is 1.43. The first-order chi connectivity index (χ1) is 8.16. The Labute approximate surface area is 103 Å². The molecule has 4 nitrogen and oxygen atoms in total. The minimum Gasteiger partial charge on any atom is -0.508 e. The van der Waals surface area contributed by atoms with Crippen LogP contribution < -0.4 is 5.69 Å². The van der Waals surface area contributed by atoms with E-state index < -0.39 is 0 Å². The minimum atomic E-state index is -0.304. The highest BCUT2D eigenvalue weighted by Gasteiger charge is 2.02. The van der Waals surface area contributed by atoms with E-state index in [1.165, 1.54) is 0 Å². The number of para-hydroxylation sites is 1. The number of nitrogens with one attached hydrogen (secondary N) is 2. The highest BCUT2D eigenvalue weighted by atomic mass is 32.1. The third-order valence-electron chi connectivity index (χ3n) is 2.55. The van der Waals surface area contributed by atoms with E-state index in [1.54, 1.807) is 18.3 Å². The first-order valence-electron chi connectivity index (χ1n) is 5.24. The predicted molar refractivity (Wildman–Crippen MR) is 67.8 cm³/mol. The summed E-state index contributed by atoms with van der Waals surface area (Å²) in [5, 5.41) is 9.61. The third-order valence-corrected chi connectivity index (χ3v) is 2.92. The lowest BCUT2D eigenvalue weighted by atomic mass is 10.1. The average molecular weight is 248 g/mol. The standard InChI is InChI=1S/C12H12N2O2S/c15-10-4-2-1-3-8(10)5-6-9-7-13-12(16)14-11(9)17/h1-4,7,15H,5-6H2,(H2,13,14,16,17). The summed E-state index contributed by atoms with van der Waals surface area (Å²) in [6.07, 6.45) is 2.96. The van der Waals surface area contributed by atoms with Crippen molar-refractivity contribution in [3.63, 3.8) is 0 Å². The number of aryl methyl sites for hydroxylation is 2. The fourth-order valence-corrected chi connectivity index (χ4v) is 1.87. The first-order valence-corrected chi connectivity index (χ1v) is 5.65. The predicted octanol–water partition coefficient (Wildman–Crippen LogP) is 1.92. The molecule has 0 saturated carbocycles. The van der Waals surface area contributed by atoms with Crippen molar-refractivity contribution in [3.8, 4) is 5.75 Å². The largest absolute Gasteiger partial charge is 0.508 e. The normalized spacial score (nSPS) is 10.4. The Morgan fingerprint density at radius 1 is 1.18 bits per heavy atom. The van der Waals surface area contributed by atoms with Gasteiger partial charge >= 0.3 is 5.69 Å². The van der Waals surface area contributed by atoms with E-state index in [9.17, 15) is 9.90 Å². The molecule has 0 saturated heterocycles. The van der Waals surface area contributed by atoms with Crippen LogP contribution in [-0.4, -0.2) is 15.1 Å². The lowest BCUT2D eigenvalue weighted by Crippen LogP contribution is -2.11. The van der Waals surface area contributed by atoms with Gasteiger partial charge < -0.3 is 10.1 Å². The van der Waals surface area contributed by atoms with Crippen LogP contribution >= 0.6 is 12.2 Å². The molecule has 0 unspecified atom stereocenters. The monoisotopic (exact) mass is 248 g/mol. The molecule has 0 radical (unpaired) electrons. The molecular formula is C12H12N2O2S. The summed E-state index contributed by atoms with van der Waals surface area (Å²) < 4.78 is 0.448. The zero-order valence-corrected chi connectivity index (χ0v) is 9.88. The van der Waals surface area contributed by atoms with Gasteiger partial charge in [-0.3, -0.25) is 4.98 Å². The van der Waals surface area contributed by atoms with Crippen molar-refractivity contribution in [2.75, 3.05) is 0 Å². The molecule has 0 aliphatic carbocycles. The van der Waals surface area contributed by atoms with Crippen LogP contribution in [0, 0.1) is 4.64 Å². The Balaban J connectivity index is 2.16. The maximum Gasteiger partial charge on any atom is 0.323 e. The topological polar surface area (TPSA) is 68.9 Å². The Bertz CT molecular complexity index is 631. The molecule has 2 aromatic rings. The number of hydrogen-bond acceptors (Lipinski definition) is 3. The van der Waals surface area contributed by atoms with Crippen molar-refractivity contribution in [1.82, 2.24) is 9.97 Å². The van der Waals surface area contributed by atoms with E-state index in [1.807, 2.05) is 12.1 Å². The summed E-state index contributed by atoms with van der Waals surface area (Å²) in [6.45, 7) is 0. The van der Waals surface area contributed by atoms with Gasteiger partial charge in [0.25, 0.3) is 0 Å². The number of aromatic hydroxyl groups is 1. The van der Waals surface area contributed by atoms with Gasteiger partial charge in [0.15, 0.2) is 0 Å². The first kappa shape index (κ1) is 11.6. The van der Waals surface area contributed by atoms with E-state index in [4.69, 9.17) is 12.2 Å². The molecule has 5 heteroatoms. The maximum absolute atomic E-state index is 11.0. The minimum absolute atomic E-state index is 0.284. The molecule has 0 amide bonds. The number of hydrogen-bond donors (Lipinski definition) is 3. The van der Waals surface area contributed by atoms with Crippen LogP contribution in [-0.2, 0) is 12.8 Å². The molecule has 1 aromatic heterocycles. The van der Waals surface area contributed by atoms with Crippen molar-refractivity contribution >= 4 is 12.2 Å². The molecular weight excluding hydrogens is 236 g/mol. The quantitative estimate of drug-likeness (QED) is 0.727. The van der Waals surface area contributed by atoms with Gasteiger partial charge in [0.1, 0.15) is 10.4 Å². The van der Waals surface area contributed by atoms with Crippen LogP contribution in [0.4, 0.5) is 0 Å². The van der Waals surface area contributed by atoms with Crippen LogP contribution in [0.1, 0.15) is 11.1 Å². The molecule has 1 heterocycles. The van der Waals surface area contributed by atoms with Crippen molar-refractivity contribution < 1.29 is 5.11 Å². The van der Waals surface area contributed by atoms with Crippen LogP contribution in [0.15, 0.2) is 35.3 Å². The molecule has 3 N–H and O–H groups in total. The molecule has 0 atom stereocenters. The second-order valence-corrected chi connectivity index (χ2v) is 4.13. The molecule has 0 spiro atoms. The highest BCUT2D eigenvalue weighted by molar-refractivity contribution is 7.71. The van der Waals surface area contributed by atoms with E-state index in [0.29, 0.717) is 17.5 Å². The van der Waals surface area contributed by atoms with Crippen molar-refractivity contribution in [2.24, 2.45) is 0 Å². The highest BCUT2D eigenvalue weighted by Crippen LogP contribution is 2.17. The number of aromatic nitrogens is 2. The Hall–Kier alpha value is -1.88. The number of benzene rings is 1. The molecule has 17 heavy (non-hydrogen) atoms. The summed E-state index contributed by atoms with van der Waals surface area (Å²) in [6, 6.07) is 7.19. The lowest BCUT2D eigenvalue weighted by molar-refractivity contribution is 0.468. The van der Waals surface area contributed by atoms with Gasteiger partial charge in [0.05, 0.1) is 0 Å². The summed E-state index contributed by atoms with van der Waals surface area (Å²) >= 11 is 5.05. The van der Waals surface area contributed by atoms with Gasteiger partial charge in [0, 0.05) is 11.8 Å². The molecule has 2 rings (SSSR count). The Morgan fingerprint density at radius 2 is 1.88 bits per heavy atom. The van der Waals surface area contributed by atoms with E-state index in [-0.39, 0.29) is 11.4 Å². The van der Waals surface area contributed by atoms with Crippen molar-refractivity contribution in [1.29, 1.82) is 0 Å². The zero-order chi connectivity index (χ0) is 12.3. The smallest absolute Gasteiger partial charge is 0.323 e. The fourth-order valence-electron chi connectivity index (χ4n) is 1.61. The fraction of sp³-hybridized carbons (Fsp3) is 0.167. The van der Waals surface area contributed by atoms with Crippen LogP contribution in [0.3, 0.4) is 0 Å². The van der Waals surface area contributed by atoms with Gasteiger partial charge in [-0.15, -0.1) is 0 Å². The van der Waals surface area contributed by atoms with Crippen LogP contribution in [0.2, 0.25) is 0 Å². The Morgan fingerprint density at radius 3 is 2.59 bits per heavy atom. The Kier molecular flexibility index (Phi) is 3.39. The van der Waals surface area contributed by atoms with E-state index in [0.717, 1.165) is 11.1 Å². The lowest BCUT2D eigenvalue weighted by Gasteiger charge is -2.04. The van der Waals surface area contributed by atoms with Crippen LogP contribution in [0.25, 0.3) is 0 Å². The second-order valence-electron chi connectivity index (χ2n) is 3.73. The van der Waals surface area contributed by atoms with Gasteiger partial charge in [0.2, 0.25) is 0 Å².